The summed E-state index contributed by atoms with van der Waals surface area (Å²) >= 11 is 12.0. The highest BCUT2D eigenvalue weighted by atomic mass is 35.5. The SMILES string of the molecule is CCn1nc(C)c(N)c1Nc1c(Cl)cc(F)cc1Cl. The van der Waals surface area contributed by atoms with Crippen LogP contribution in [0.4, 0.5) is 21.6 Å². The standard InChI is InChI=1S/C12H13Cl2FN4/c1-3-19-12(10(16)6(2)18-19)17-11-8(13)4-7(15)5-9(11)14/h4-5,17H,3,16H2,1-2H3. The Bertz CT molecular complexity index is 601. The van der Waals surface area contributed by atoms with Crippen LogP contribution >= 0.6 is 23.2 Å². The van der Waals surface area contributed by atoms with Gasteiger partial charge < -0.3 is 11.1 Å². The van der Waals surface area contributed by atoms with Gasteiger partial charge in [0.2, 0.25) is 0 Å². The largest absolute Gasteiger partial charge is 0.394 e. The first-order valence-corrected chi connectivity index (χ1v) is 6.44. The Kier molecular flexibility index (Phi) is 3.87. The second-order valence-corrected chi connectivity index (χ2v) is 4.85. The molecule has 0 saturated heterocycles. The average Bonchev–Trinajstić information content (AvgIpc) is 2.60. The van der Waals surface area contributed by atoms with Gasteiger partial charge in [-0.3, -0.25) is 0 Å². The minimum Gasteiger partial charge on any atom is -0.394 e. The van der Waals surface area contributed by atoms with E-state index < -0.39 is 5.82 Å². The molecule has 0 aliphatic rings. The monoisotopic (exact) mass is 302 g/mol. The molecule has 2 rings (SSSR count). The minimum absolute atomic E-state index is 0.186. The van der Waals surface area contributed by atoms with Crippen molar-refractivity contribution in [2.24, 2.45) is 0 Å². The van der Waals surface area contributed by atoms with Crippen LogP contribution in [0.15, 0.2) is 12.1 Å². The normalized spacial score (nSPS) is 10.8. The fourth-order valence-corrected chi connectivity index (χ4v) is 2.29. The Morgan fingerprint density at radius 1 is 1.37 bits per heavy atom. The number of hydrogen-bond acceptors (Lipinski definition) is 3. The Balaban J connectivity index is 2.47. The second kappa shape index (κ2) is 5.27. The summed E-state index contributed by atoms with van der Waals surface area (Å²) in [4.78, 5) is 0. The van der Waals surface area contributed by atoms with Crippen molar-refractivity contribution in [2.45, 2.75) is 20.4 Å². The zero-order valence-electron chi connectivity index (χ0n) is 10.5. The van der Waals surface area contributed by atoms with Crippen molar-refractivity contribution in [2.75, 3.05) is 11.1 Å². The topological polar surface area (TPSA) is 55.9 Å². The van der Waals surface area contributed by atoms with Crippen LogP contribution in [0.2, 0.25) is 10.0 Å². The summed E-state index contributed by atoms with van der Waals surface area (Å²) in [6.45, 7) is 4.38. The molecule has 0 spiro atoms. The maximum absolute atomic E-state index is 13.1. The van der Waals surface area contributed by atoms with Crippen LogP contribution in [0.1, 0.15) is 12.6 Å². The summed E-state index contributed by atoms with van der Waals surface area (Å²) in [7, 11) is 0. The van der Waals surface area contributed by atoms with Crippen molar-refractivity contribution in [3.8, 4) is 0 Å². The molecule has 0 radical (unpaired) electrons. The number of aryl methyl sites for hydroxylation is 2. The van der Waals surface area contributed by atoms with Crippen LogP contribution < -0.4 is 11.1 Å². The lowest BCUT2D eigenvalue weighted by molar-refractivity contribution is 0.628. The van der Waals surface area contributed by atoms with Gasteiger partial charge in [-0.05, 0) is 26.0 Å². The molecule has 0 amide bonds. The van der Waals surface area contributed by atoms with Gasteiger partial charge in [0, 0.05) is 6.54 Å². The van der Waals surface area contributed by atoms with E-state index in [4.69, 9.17) is 28.9 Å². The van der Waals surface area contributed by atoms with Crippen molar-refractivity contribution in [1.82, 2.24) is 9.78 Å². The van der Waals surface area contributed by atoms with E-state index in [2.05, 4.69) is 10.4 Å². The first-order chi connectivity index (χ1) is 8.93. The molecule has 0 aliphatic heterocycles. The molecule has 19 heavy (non-hydrogen) atoms. The van der Waals surface area contributed by atoms with E-state index in [-0.39, 0.29) is 10.0 Å². The second-order valence-electron chi connectivity index (χ2n) is 4.03. The molecule has 102 valence electrons. The molecule has 2 aromatic rings. The molecular weight excluding hydrogens is 290 g/mol. The summed E-state index contributed by atoms with van der Waals surface area (Å²) in [6.07, 6.45) is 0. The molecule has 0 atom stereocenters. The third kappa shape index (κ3) is 2.62. The lowest BCUT2D eigenvalue weighted by Gasteiger charge is -2.12. The molecule has 1 aromatic carbocycles. The molecule has 0 saturated carbocycles. The van der Waals surface area contributed by atoms with Gasteiger partial charge in [-0.2, -0.15) is 5.10 Å². The van der Waals surface area contributed by atoms with Gasteiger partial charge in [0.1, 0.15) is 5.82 Å². The highest BCUT2D eigenvalue weighted by Gasteiger charge is 2.15. The van der Waals surface area contributed by atoms with E-state index >= 15 is 0 Å². The molecule has 0 aliphatic carbocycles. The average molecular weight is 303 g/mol. The number of anilines is 3. The number of benzene rings is 1. The van der Waals surface area contributed by atoms with Crippen LogP contribution in [0.3, 0.4) is 0 Å². The molecule has 7 heteroatoms. The fourth-order valence-electron chi connectivity index (χ4n) is 1.74. The number of nitrogens with zero attached hydrogens (tertiary/aromatic N) is 2. The Labute approximate surface area is 120 Å². The maximum Gasteiger partial charge on any atom is 0.152 e. The highest BCUT2D eigenvalue weighted by molar-refractivity contribution is 6.39. The van der Waals surface area contributed by atoms with Crippen LogP contribution in [0.25, 0.3) is 0 Å². The third-order valence-electron chi connectivity index (χ3n) is 2.72. The molecule has 0 fully saturated rings. The predicted octanol–water partition coefficient (Wildman–Crippen LogP) is 3.98. The van der Waals surface area contributed by atoms with E-state index in [0.717, 1.165) is 0 Å². The highest BCUT2D eigenvalue weighted by Crippen LogP contribution is 2.35. The summed E-state index contributed by atoms with van der Waals surface area (Å²) in [5, 5.41) is 7.66. The van der Waals surface area contributed by atoms with Crippen molar-refractivity contribution in [3.05, 3.63) is 33.7 Å². The smallest absolute Gasteiger partial charge is 0.152 e. The number of hydrogen-bond donors (Lipinski definition) is 2. The lowest BCUT2D eigenvalue weighted by Crippen LogP contribution is -2.05. The molecule has 4 nitrogen and oxygen atoms in total. The summed E-state index contributed by atoms with van der Waals surface area (Å²) < 4.78 is 14.8. The van der Waals surface area contributed by atoms with Gasteiger partial charge in [-0.15, -0.1) is 0 Å². The van der Waals surface area contributed by atoms with Crippen LogP contribution in [-0.4, -0.2) is 9.78 Å². The van der Waals surface area contributed by atoms with Gasteiger partial charge in [0.15, 0.2) is 5.82 Å². The summed E-state index contributed by atoms with van der Waals surface area (Å²) in [5.74, 6) is 0.101. The Hall–Kier alpha value is -1.46. The van der Waals surface area contributed by atoms with Gasteiger partial charge in [-0.25, -0.2) is 9.07 Å². The van der Waals surface area contributed by atoms with Crippen molar-refractivity contribution in [3.63, 3.8) is 0 Å². The zero-order valence-corrected chi connectivity index (χ0v) is 12.0. The van der Waals surface area contributed by atoms with E-state index in [9.17, 15) is 4.39 Å². The minimum atomic E-state index is -0.492. The van der Waals surface area contributed by atoms with E-state index in [0.29, 0.717) is 29.4 Å². The quantitative estimate of drug-likeness (QED) is 0.901. The summed E-state index contributed by atoms with van der Waals surface area (Å²) in [6, 6.07) is 2.37. The lowest BCUT2D eigenvalue weighted by atomic mass is 10.3. The van der Waals surface area contributed by atoms with Gasteiger partial charge in [-0.1, -0.05) is 23.2 Å². The third-order valence-corrected chi connectivity index (χ3v) is 3.32. The number of nitrogen functional groups attached to an aromatic ring is 1. The first kappa shape index (κ1) is 14.0. The van der Waals surface area contributed by atoms with E-state index in [1.54, 1.807) is 11.6 Å². The Morgan fingerprint density at radius 2 is 1.95 bits per heavy atom. The molecule has 1 heterocycles. The van der Waals surface area contributed by atoms with Crippen LogP contribution in [0, 0.1) is 12.7 Å². The number of aromatic nitrogens is 2. The maximum atomic E-state index is 13.1. The Morgan fingerprint density at radius 3 is 2.47 bits per heavy atom. The first-order valence-electron chi connectivity index (χ1n) is 5.68. The fraction of sp³-hybridized carbons (Fsp3) is 0.250. The molecule has 1 aromatic heterocycles. The molecule has 0 unspecified atom stereocenters. The number of rotatable bonds is 3. The van der Waals surface area contributed by atoms with E-state index in [1.165, 1.54) is 12.1 Å². The van der Waals surface area contributed by atoms with Gasteiger partial charge in [0.25, 0.3) is 0 Å². The van der Waals surface area contributed by atoms with Crippen molar-refractivity contribution >= 4 is 40.4 Å². The molecule has 3 N–H and O–H groups in total. The number of nitrogens with one attached hydrogen (secondary N) is 1. The van der Waals surface area contributed by atoms with Gasteiger partial charge >= 0.3 is 0 Å². The van der Waals surface area contributed by atoms with Crippen LogP contribution in [0.5, 0.6) is 0 Å². The zero-order chi connectivity index (χ0) is 14.2. The van der Waals surface area contributed by atoms with E-state index in [1.807, 2.05) is 6.92 Å². The molecular formula is C12H13Cl2FN4. The number of halogens is 3. The molecule has 0 bridgehead atoms. The van der Waals surface area contributed by atoms with Gasteiger partial charge in [0.05, 0.1) is 27.1 Å². The van der Waals surface area contributed by atoms with Crippen molar-refractivity contribution in [1.29, 1.82) is 0 Å². The predicted molar refractivity (Wildman–Crippen MR) is 76.8 cm³/mol. The number of nitrogens with two attached hydrogens (primary N) is 1. The van der Waals surface area contributed by atoms with Crippen molar-refractivity contribution < 1.29 is 4.39 Å². The summed E-state index contributed by atoms with van der Waals surface area (Å²) in [5.41, 5.74) is 7.58. The van der Waals surface area contributed by atoms with Crippen LogP contribution in [-0.2, 0) is 6.54 Å².